The number of rotatable bonds is 6. The molecule has 3 aromatic rings. The molecule has 7 heteroatoms. The number of nitrogens with zero attached hydrogens (tertiary/aromatic N) is 4. The molecule has 0 unspecified atom stereocenters. The summed E-state index contributed by atoms with van der Waals surface area (Å²) in [7, 11) is 0. The summed E-state index contributed by atoms with van der Waals surface area (Å²) in [6.07, 6.45) is 3.65. The Balaban J connectivity index is 1.62. The Morgan fingerprint density at radius 2 is 2.26 bits per heavy atom. The van der Waals surface area contributed by atoms with Crippen LogP contribution in [0.5, 0.6) is 0 Å². The number of hydrogen-bond donors (Lipinski definition) is 1. The first-order valence-electron chi connectivity index (χ1n) is 7.44. The van der Waals surface area contributed by atoms with Gasteiger partial charge in [-0.05, 0) is 31.5 Å². The highest BCUT2D eigenvalue weighted by Crippen LogP contribution is 2.20. The van der Waals surface area contributed by atoms with E-state index in [1.54, 1.807) is 25.3 Å². The number of hydrogen-bond acceptors (Lipinski definition) is 5. The molecule has 6 nitrogen and oxygen atoms in total. The van der Waals surface area contributed by atoms with E-state index in [0.717, 1.165) is 13.1 Å². The van der Waals surface area contributed by atoms with Crippen LogP contribution in [0.25, 0.3) is 11.4 Å². The first kappa shape index (κ1) is 15.4. The Labute approximate surface area is 133 Å². The van der Waals surface area contributed by atoms with E-state index in [9.17, 15) is 4.39 Å². The molecule has 0 saturated heterocycles. The monoisotopic (exact) mass is 315 g/mol. The van der Waals surface area contributed by atoms with E-state index in [1.807, 2.05) is 23.9 Å². The molecule has 0 amide bonds. The highest BCUT2D eigenvalue weighted by molar-refractivity contribution is 5.54. The van der Waals surface area contributed by atoms with Crippen LogP contribution >= 0.6 is 0 Å². The Hall–Kier alpha value is -2.54. The third-order valence-corrected chi connectivity index (χ3v) is 3.59. The van der Waals surface area contributed by atoms with E-state index in [-0.39, 0.29) is 11.9 Å². The zero-order valence-corrected chi connectivity index (χ0v) is 13.0. The lowest BCUT2D eigenvalue weighted by Gasteiger charge is -2.09. The van der Waals surface area contributed by atoms with Crippen LogP contribution in [-0.2, 0) is 6.54 Å². The lowest BCUT2D eigenvalue weighted by Crippen LogP contribution is -2.23. The summed E-state index contributed by atoms with van der Waals surface area (Å²) in [6.45, 7) is 5.13. The Morgan fingerprint density at radius 3 is 3.00 bits per heavy atom. The average molecular weight is 315 g/mol. The van der Waals surface area contributed by atoms with Gasteiger partial charge in [0.15, 0.2) is 0 Å². The second-order valence-electron chi connectivity index (χ2n) is 5.37. The van der Waals surface area contributed by atoms with E-state index >= 15 is 0 Å². The number of halogens is 1. The lowest BCUT2D eigenvalue weighted by molar-refractivity contribution is 0.336. The van der Waals surface area contributed by atoms with E-state index in [0.29, 0.717) is 22.8 Å². The molecule has 0 aliphatic rings. The quantitative estimate of drug-likeness (QED) is 0.757. The summed E-state index contributed by atoms with van der Waals surface area (Å²) in [5.74, 6) is 0.584. The summed E-state index contributed by atoms with van der Waals surface area (Å²) < 4.78 is 20.7. The molecular formula is C16H18FN5O. The van der Waals surface area contributed by atoms with Crippen molar-refractivity contribution in [1.29, 1.82) is 0 Å². The van der Waals surface area contributed by atoms with Crippen molar-refractivity contribution in [1.82, 2.24) is 25.2 Å². The largest absolute Gasteiger partial charge is 0.337 e. The Morgan fingerprint density at radius 1 is 1.39 bits per heavy atom. The maximum atomic E-state index is 13.6. The minimum absolute atomic E-state index is 0.0953. The van der Waals surface area contributed by atoms with Gasteiger partial charge in [-0.15, -0.1) is 0 Å². The molecule has 2 aromatic heterocycles. The Kier molecular flexibility index (Phi) is 4.47. The first-order chi connectivity index (χ1) is 11.1. The second-order valence-corrected chi connectivity index (χ2v) is 5.37. The molecule has 1 aromatic carbocycles. The molecule has 120 valence electrons. The third-order valence-electron chi connectivity index (χ3n) is 3.59. The summed E-state index contributed by atoms with van der Waals surface area (Å²) in [5, 5.41) is 11.4. The fourth-order valence-corrected chi connectivity index (χ4v) is 2.18. The van der Waals surface area contributed by atoms with Crippen LogP contribution < -0.4 is 5.32 Å². The second kappa shape index (κ2) is 6.70. The summed E-state index contributed by atoms with van der Waals surface area (Å²) in [5.41, 5.74) is 1.19. The molecular weight excluding hydrogens is 297 g/mol. The highest BCUT2D eigenvalue weighted by atomic mass is 19.1. The number of aromatic nitrogens is 4. The number of aryl methyl sites for hydroxylation is 1. The van der Waals surface area contributed by atoms with Crippen LogP contribution in [-0.4, -0.2) is 26.5 Å². The fourth-order valence-electron chi connectivity index (χ4n) is 2.18. The molecule has 2 heterocycles. The normalized spacial score (nSPS) is 12.5. The predicted molar refractivity (Wildman–Crippen MR) is 83.1 cm³/mol. The lowest BCUT2D eigenvalue weighted by atomic mass is 10.1. The predicted octanol–water partition coefficient (Wildman–Crippen LogP) is 2.73. The van der Waals surface area contributed by atoms with Crippen molar-refractivity contribution in [2.75, 3.05) is 6.54 Å². The minimum atomic E-state index is -0.278. The SMILES string of the molecule is Cc1ccc(-c2noc([C@@H](C)NCCn3cccn3)n2)cc1F. The molecule has 23 heavy (non-hydrogen) atoms. The number of nitrogens with one attached hydrogen (secondary N) is 1. The smallest absolute Gasteiger partial charge is 0.243 e. The maximum Gasteiger partial charge on any atom is 0.243 e. The van der Waals surface area contributed by atoms with Gasteiger partial charge in [0.2, 0.25) is 11.7 Å². The first-order valence-corrected chi connectivity index (χ1v) is 7.44. The van der Waals surface area contributed by atoms with Crippen LogP contribution in [0, 0.1) is 12.7 Å². The van der Waals surface area contributed by atoms with E-state index < -0.39 is 0 Å². The van der Waals surface area contributed by atoms with E-state index in [2.05, 4.69) is 20.6 Å². The zero-order valence-electron chi connectivity index (χ0n) is 13.0. The Bertz CT molecular complexity index is 769. The fraction of sp³-hybridized carbons (Fsp3) is 0.312. The molecule has 0 aliphatic carbocycles. The van der Waals surface area contributed by atoms with Gasteiger partial charge in [0, 0.05) is 24.5 Å². The number of benzene rings is 1. The summed E-state index contributed by atoms with van der Waals surface area (Å²) >= 11 is 0. The highest BCUT2D eigenvalue weighted by Gasteiger charge is 2.15. The molecule has 0 radical (unpaired) electrons. The van der Waals surface area contributed by atoms with Gasteiger partial charge in [0.1, 0.15) is 5.82 Å². The van der Waals surface area contributed by atoms with Gasteiger partial charge >= 0.3 is 0 Å². The summed E-state index contributed by atoms with van der Waals surface area (Å²) in [6, 6.07) is 6.69. The summed E-state index contributed by atoms with van der Waals surface area (Å²) in [4.78, 5) is 4.34. The molecule has 0 aliphatic heterocycles. The van der Waals surface area contributed by atoms with Crippen molar-refractivity contribution >= 4 is 0 Å². The molecule has 0 spiro atoms. The van der Waals surface area contributed by atoms with Gasteiger partial charge in [-0.25, -0.2) is 4.39 Å². The molecule has 1 atom stereocenters. The average Bonchev–Trinajstić information content (AvgIpc) is 3.21. The molecule has 1 N–H and O–H groups in total. The van der Waals surface area contributed by atoms with Gasteiger partial charge in [0.05, 0.1) is 12.6 Å². The molecule has 3 rings (SSSR count). The van der Waals surface area contributed by atoms with Crippen LogP contribution in [0.2, 0.25) is 0 Å². The standard InChI is InChI=1S/C16H18FN5O/c1-11-4-5-13(10-14(11)17)15-20-16(23-21-15)12(2)18-7-9-22-8-3-6-19-22/h3-6,8,10,12,18H,7,9H2,1-2H3/t12-/m1/s1. The van der Waals surface area contributed by atoms with Crippen molar-refractivity contribution in [3.63, 3.8) is 0 Å². The maximum absolute atomic E-state index is 13.6. The van der Waals surface area contributed by atoms with Crippen molar-refractivity contribution in [3.8, 4) is 11.4 Å². The van der Waals surface area contributed by atoms with Crippen molar-refractivity contribution < 1.29 is 8.91 Å². The topological polar surface area (TPSA) is 68.8 Å². The molecule has 0 saturated carbocycles. The zero-order chi connectivity index (χ0) is 16.2. The van der Waals surface area contributed by atoms with E-state index in [1.165, 1.54) is 6.07 Å². The van der Waals surface area contributed by atoms with Gasteiger partial charge in [0.25, 0.3) is 0 Å². The van der Waals surface area contributed by atoms with Crippen LogP contribution in [0.15, 0.2) is 41.2 Å². The van der Waals surface area contributed by atoms with Crippen LogP contribution in [0.3, 0.4) is 0 Å². The van der Waals surface area contributed by atoms with Crippen LogP contribution in [0.4, 0.5) is 4.39 Å². The minimum Gasteiger partial charge on any atom is -0.337 e. The molecule has 0 bridgehead atoms. The molecule has 0 fully saturated rings. The van der Waals surface area contributed by atoms with Crippen molar-refractivity contribution in [3.05, 3.63) is 53.9 Å². The van der Waals surface area contributed by atoms with E-state index in [4.69, 9.17) is 4.52 Å². The van der Waals surface area contributed by atoms with Crippen molar-refractivity contribution in [2.24, 2.45) is 0 Å². The van der Waals surface area contributed by atoms with Gasteiger partial charge in [-0.2, -0.15) is 10.1 Å². The van der Waals surface area contributed by atoms with Gasteiger partial charge in [-0.3, -0.25) is 4.68 Å². The third kappa shape index (κ3) is 3.62. The van der Waals surface area contributed by atoms with Gasteiger partial charge in [-0.1, -0.05) is 17.3 Å². The van der Waals surface area contributed by atoms with Crippen molar-refractivity contribution in [2.45, 2.75) is 26.4 Å². The van der Waals surface area contributed by atoms with Crippen LogP contribution in [0.1, 0.15) is 24.4 Å². The van der Waals surface area contributed by atoms with Gasteiger partial charge < -0.3 is 9.84 Å².